The number of nitrogens with one attached hydrogen (secondary N) is 1. The molecule has 88 valence electrons. The van der Waals surface area contributed by atoms with Crippen LogP contribution in [0.2, 0.25) is 0 Å². The highest BCUT2D eigenvalue weighted by Gasteiger charge is 2.21. The number of halogens is 1. The number of primary amides is 1. The van der Waals surface area contributed by atoms with Crippen LogP contribution in [0.25, 0.3) is 0 Å². The van der Waals surface area contributed by atoms with Crippen LogP contribution in [-0.2, 0) is 4.79 Å². The maximum absolute atomic E-state index is 12.0. The van der Waals surface area contributed by atoms with Gasteiger partial charge < -0.3 is 15.6 Å². The lowest BCUT2D eigenvalue weighted by molar-refractivity contribution is -0.119. The van der Waals surface area contributed by atoms with Gasteiger partial charge in [-0.1, -0.05) is 0 Å². The zero-order chi connectivity index (χ0) is 12.3. The lowest BCUT2D eigenvalue weighted by Crippen LogP contribution is -2.42. The topological polar surface area (TPSA) is 79.2 Å². The fourth-order valence-corrected chi connectivity index (χ4v) is 1.65. The van der Waals surface area contributed by atoms with Crippen molar-refractivity contribution >= 4 is 27.7 Å². The first-order valence-electron chi connectivity index (χ1n) is 4.85. The third-order valence-corrected chi connectivity index (χ3v) is 2.55. The molecule has 1 heterocycles. The van der Waals surface area contributed by atoms with Crippen LogP contribution in [-0.4, -0.2) is 34.3 Å². The summed E-state index contributed by atoms with van der Waals surface area (Å²) in [5.41, 5.74) is 5.53. The van der Waals surface area contributed by atoms with E-state index in [9.17, 15) is 9.59 Å². The first kappa shape index (κ1) is 12.8. The van der Waals surface area contributed by atoms with Gasteiger partial charge in [-0.3, -0.25) is 9.59 Å². The van der Waals surface area contributed by atoms with E-state index in [0.717, 1.165) is 4.47 Å². The Labute approximate surface area is 102 Å². The van der Waals surface area contributed by atoms with Crippen molar-refractivity contribution in [3.8, 4) is 0 Å². The van der Waals surface area contributed by atoms with Gasteiger partial charge in [0.25, 0.3) is 5.91 Å². The van der Waals surface area contributed by atoms with Gasteiger partial charge in [0, 0.05) is 16.7 Å². The molecule has 0 unspecified atom stereocenters. The van der Waals surface area contributed by atoms with Gasteiger partial charge in [0.2, 0.25) is 5.91 Å². The van der Waals surface area contributed by atoms with Crippen molar-refractivity contribution in [1.82, 2.24) is 9.88 Å². The summed E-state index contributed by atoms with van der Waals surface area (Å²) in [5.74, 6) is -0.757. The van der Waals surface area contributed by atoms with Gasteiger partial charge in [-0.05, 0) is 35.8 Å². The molecule has 1 aromatic heterocycles. The molecular formula is C10H14BrN3O2. The van der Waals surface area contributed by atoms with Gasteiger partial charge in [-0.15, -0.1) is 0 Å². The minimum Gasteiger partial charge on any atom is -0.368 e. The number of nitrogens with zero attached hydrogens (tertiary/aromatic N) is 1. The van der Waals surface area contributed by atoms with Crippen LogP contribution in [0.3, 0.4) is 0 Å². The van der Waals surface area contributed by atoms with Crippen molar-refractivity contribution in [3.05, 3.63) is 22.4 Å². The zero-order valence-corrected chi connectivity index (χ0v) is 10.7. The first-order valence-corrected chi connectivity index (χ1v) is 5.64. The summed E-state index contributed by atoms with van der Waals surface area (Å²) < 4.78 is 0.790. The van der Waals surface area contributed by atoms with Gasteiger partial charge in [-0.25, -0.2) is 0 Å². The van der Waals surface area contributed by atoms with E-state index < -0.39 is 5.91 Å². The molecule has 5 nitrogen and oxygen atoms in total. The number of carbonyl (C=O) groups excluding carboxylic acids is 2. The number of H-pyrrole nitrogens is 1. The number of hydrogen-bond donors (Lipinski definition) is 2. The lowest BCUT2D eigenvalue weighted by Gasteiger charge is -2.24. The molecule has 3 N–H and O–H groups in total. The molecule has 0 spiro atoms. The maximum atomic E-state index is 12.0. The van der Waals surface area contributed by atoms with Crippen LogP contribution in [0.4, 0.5) is 0 Å². The molecule has 1 rings (SSSR count). The molecule has 16 heavy (non-hydrogen) atoms. The SMILES string of the molecule is CC(C)N(CC(N)=O)C(=O)c1cc(Br)c[nH]1. The standard InChI is InChI=1S/C10H14BrN3O2/c1-6(2)14(5-9(12)15)10(16)8-3-7(11)4-13-8/h3-4,6,13H,5H2,1-2H3,(H2,12,15). The third-order valence-electron chi connectivity index (χ3n) is 2.09. The second kappa shape index (κ2) is 5.16. The number of amides is 2. The predicted molar refractivity (Wildman–Crippen MR) is 63.9 cm³/mol. The van der Waals surface area contributed by atoms with E-state index in [1.807, 2.05) is 13.8 Å². The maximum Gasteiger partial charge on any atom is 0.271 e. The molecule has 0 aliphatic carbocycles. The Balaban J connectivity index is 2.87. The van der Waals surface area contributed by atoms with E-state index in [0.29, 0.717) is 5.69 Å². The number of aromatic nitrogens is 1. The molecule has 0 bridgehead atoms. The van der Waals surface area contributed by atoms with Gasteiger partial charge in [0.15, 0.2) is 0 Å². The van der Waals surface area contributed by atoms with Crippen molar-refractivity contribution in [1.29, 1.82) is 0 Å². The van der Waals surface area contributed by atoms with E-state index in [1.54, 1.807) is 12.3 Å². The quantitative estimate of drug-likeness (QED) is 0.870. The van der Waals surface area contributed by atoms with Crippen molar-refractivity contribution < 1.29 is 9.59 Å². The van der Waals surface area contributed by atoms with Crippen molar-refractivity contribution in [2.45, 2.75) is 19.9 Å². The number of rotatable bonds is 4. The largest absolute Gasteiger partial charge is 0.368 e. The molecule has 0 aliphatic heterocycles. The smallest absolute Gasteiger partial charge is 0.271 e. The van der Waals surface area contributed by atoms with Crippen LogP contribution < -0.4 is 5.73 Å². The van der Waals surface area contributed by atoms with Gasteiger partial charge in [0.05, 0.1) is 6.54 Å². The summed E-state index contributed by atoms with van der Waals surface area (Å²) in [4.78, 5) is 27.1. The van der Waals surface area contributed by atoms with E-state index in [-0.39, 0.29) is 18.5 Å². The molecule has 0 aromatic carbocycles. The first-order chi connectivity index (χ1) is 7.41. The Morgan fingerprint density at radius 3 is 2.56 bits per heavy atom. The summed E-state index contributed by atoms with van der Waals surface area (Å²) in [6.45, 7) is 3.59. The lowest BCUT2D eigenvalue weighted by atomic mass is 10.2. The Morgan fingerprint density at radius 1 is 1.56 bits per heavy atom. The molecule has 0 aliphatic rings. The molecule has 0 radical (unpaired) electrons. The molecular weight excluding hydrogens is 274 g/mol. The van der Waals surface area contributed by atoms with Crippen LogP contribution in [0.1, 0.15) is 24.3 Å². The van der Waals surface area contributed by atoms with Gasteiger partial charge in [0.1, 0.15) is 5.69 Å². The minimum absolute atomic E-state index is 0.0763. The number of carbonyl (C=O) groups is 2. The molecule has 2 amide bonds. The average Bonchev–Trinajstić information content (AvgIpc) is 2.59. The summed E-state index contributed by atoms with van der Waals surface area (Å²) in [6.07, 6.45) is 1.66. The highest BCUT2D eigenvalue weighted by Crippen LogP contribution is 2.13. The fourth-order valence-electron chi connectivity index (χ4n) is 1.30. The highest BCUT2D eigenvalue weighted by molar-refractivity contribution is 9.10. The van der Waals surface area contributed by atoms with Gasteiger partial charge >= 0.3 is 0 Å². The Bertz CT molecular complexity index is 401. The highest BCUT2D eigenvalue weighted by atomic mass is 79.9. The fraction of sp³-hybridized carbons (Fsp3) is 0.400. The normalized spacial score (nSPS) is 10.5. The number of nitrogens with two attached hydrogens (primary N) is 1. The molecule has 0 saturated heterocycles. The molecule has 0 atom stereocenters. The molecule has 0 fully saturated rings. The Morgan fingerprint density at radius 2 is 2.19 bits per heavy atom. The van der Waals surface area contributed by atoms with Gasteiger partial charge in [-0.2, -0.15) is 0 Å². The Kier molecular flexibility index (Phi) is 4.12. The minimum atomic E-state index is -0.521. The van der Waals surface area contributed by atoms with Crippen LogP contribution in [0, 0.1) is 0 Å². The van der Waals surface area contributed by atoms with E-state index >= 15 is 0 Å². The zero-order valence-electron chi connectivity index (χ0n) is 9.16. The second-order valence-electron chi connectivity index (χ2n) is 3.72. The van der Waals surface area contributed by atoms with E-state index in [4.69, 9.17) is 5.73 Å². The third kappa shape index (κ3) is 3.10. The monoisotopic (exact) mass is 287 g/mol. The predicted octanol–water partition coefficient (Wildman–Crippen LogP) is 1.11. The summed E-state index contributed by atoms with van der Waals surface area (Å²) in [6, 6.07) is 1.58. The van der Waals surface area contributed by atoms with E-state index in [2.05, 4.69) is 20.9 Å². The van der Waals surface area contributed by atoms with Crippen LogP contribution >= 0.6 is 15.9 Å². The average molecular weight is 288 g/mol. The van der Waals surface area contributed by atoms with E-state index in [1.165, 1.54) is 4.90 Å². The number of hydrogen-bond acceptors (Lipinski definition) is 2. The van der Waals surface area contributed by atoms with Crippen LogP contribution in [0.15, 0.2) is 16.7 Å². The Hall–Kier alpha value is -1.30. The summed E-state index contributed by atoms with van der Waals surface area (Å²) in [7, 11) is 0. The second-order valence-corrected chi connectivity index (χ2v) is 4.64. The number of aromatic amines is 1. The molecule has 0 saturated carbocycles. The molecule has 1 aromatic rings. The molecule has 6 heteroatoms. The van der Waals surface area contributed by atoms with Crippen molar-refractivity contribution in [2.75, 3.05) is 6.54 Å². The summed E-state index contributed by atoms with van der Waals surface area (Å²) in [5, 5.41) is 0. The van der Waals surface area contributed by atoms with Crippen molar-refractivity contribution in [2.24, 2.45) is 5.73 Å². The summed E-state index contributed by atoms with van der Waals surface area (Å²) >= 11 is 3.24. The van der Waals surface area contributed by atoms with Crippen molar-refractivity contribution in [3.63, 3.8) is 0 Å². The van der Waals surface area contributed by atoms with Crippen LogP contribution in [0.5, 0.6) is 0 Å².